The SMILES string of the molecule is O=c1c2ccc(F)cc2nnc2cc(F)ccc12. The van der Waals surface area contributed by atoms with Gasteiger partial charge in [0.15, 0.2) is 5.43 Å². The normalized spacial score (nSPS) is 11.0. The minimum atomic E-state index is -0.502. The van der Waals surface area contributed by atoms with Crippen molar-refractivity contribution in [2.75, 3.05) is 0 Å². The smallest absolute Gasteiger partial charge is 0.197 e. The Balaban J connectivity index is 2.59. The maximum atomic E-state index is 13.1. The fourth-order valence-electron chi connectivity index (χ4n) is 1.81. The van der Waals surface area contributed by atoms with Crippen LogP contribution in [0.1, 0.15) is 0 Å². The molecule has 88 valence electrons. The van der Waals surface area contributed by atoms with Gasteiger partial charge in [-0.2, -0.15) is 0 Å². The molecule has 0 saturated heterocycles. The molecule has 0 bridgehead atoms. The minimum Gasteiger partial charge on any atom is -0.288 e. The van der Waals surface area contributed by atoms with E-state index in [0.717, 1.165) is 12.1 Å². The van der Waals surface area contributed by atoms with Crippen LogP contribution in [0.25, 0.3) is 21.8 Å². The van der Waals surface area contributed by atoms with Crippen molar-refractivity contribution >= 4 is 21.8 Å². The highest BCUT2D eigenvalue weighted by molar-refractivity contribution is 5.88. The van der Waals surface area contributed by atoms with Gasteiger partial charge in [0.1, 0.15) is 11.6 Å². The summed E-state index contributed by atoms with van der Waals surface area (Å²) in [5.41, 5.74) is -0.0433. The van der Waals surface area contributed by atoms with E-state index in [4.69, 9.17) is 0 Å². The predicted octanol–water partition coefficient (Wildman–Crippen LogP) is 2.42. The molecule has 0 atom stereocenters. The first-order valence-corrected chi connectivity index (χ1v) is 5.21. The molecule has 0 aliphatic rings. The van der Waals surface area contributed by atoms with Crippen molar-refractivity contribution in [3.05, 3.63) is 58.3 Å². The van der Waals surface area contributed by atoms with Gasteiger partial charge < -0.3 is 0 Å². The van der Waals surface area contributed by atoms with Gasteiger partial charge in [-0.15, -0.1) is 10.2 Å². The molecule has 18 heavy (non-hydrogen) atoms. The van der Waals surface area contributed by atoms with Gasteiger partial charge in [-0.25, -0.2) is 8.78 Å². The van der Waals surface area contributed by atoms with Crippen LogP contribution >= 0.6 is 0 Å². The van der Waals surface area contributed by atoms with Crippen LogP contribution in [0.5, 0.6) is 0 Å². The zero-order chi connectivity index (χ0) is 12.7. The second kappa shape index (κ2) is 3.80. The molecule has 0 N–H and O–H groups in total. The largest absolute Gasteiger partial charge is 0.288 e. The van der Waals surface area contributed by atoms with Crippen molar-refractivity contribution in [1.29, 1.82) is 0 Å². The third kappa shape index (κ3) is 1.60. The monoisotopic (exact) mass is 244 g/mol. The summed E-state index contributed by atoms with van der Waals surface area (Å²) < 4.78 is 26.1. The lowest BCUT2D eigenvalue weighted by molar-refractivity contribution is 0.628. The van der Waals surface area contributed by atoms with Gasteiger partial charge in [0.25, 0.3) is 0 Å². The van der Waals surface area contributed by atoms with E-state index in [1.54, 1.807) is 0 Å². The van der Waals surface area contributed by atoms with Crippen molar-refractivity contribution < 1.29 is 8.78 Å². The second-order valence-corrected chi connectivity index (χ2v) is 3.85. The Hall–Kier alpha value is -2.43. The Kier molecular flexibility index (Phi) is 2.26. The average molecular weight is 244 g/mol. The Morgan fingerprint density at radius 3 is 1.67 bits per heavy atom. The highest BCUT2D eigenvalue weighted by atomic mass is 19.1. The van der Waals surface area contributed by atoms with Gasteiger partial charge in [0, 0.05) is 12.1 Å². The van der Waals surface area contributed by atoms with Gasteiger partial charge in [-0.3, -0.25) is 4.79 Å². The summed E-state index contributed by atoms with van der Waals surface area (Å²) in [6.07, 6.45) is 0. The zero-order valence-corrected chi connectivity index (χ0v) is 9.02. The van der Waals surface area contributed by atoms with Gasteiger partial charge in [-0.1, -0.05) is 0 Å². The summed E-state index contributed by atoms with van der Waals surface area (Å²) in [6.45, 7) is 0. The van der Waals surface area contributed by atoms with Crippen LogP contribution < -0.4 is 5.43 Å². The molecule has 3 rings (SSSR count). The quantitative estimate of drug-likeness (QED) is 0.610. The molecule has 0 radical (unpaired) electrons. The van der Waals surface area contributed by atoms with Gasteiger partial charge >= 0.3 is 0 Å². The second-order valence-electron chi connectivity index (χ2n) is 3.85. The summed E-state index contributed by atoms with van der Waals surface area (Å²) in [5, 5.41) is 8.07. The molecule has 0 spiro atoms. The van der Waals surface area contributed by atoms with E-state index in [2.05, 4.69) is 10.2 Å². The molecule has 0 saturated carbocycles. The molecule has 0 aliphatic carbocycles. The molecule has 1 heterocycles. The molecular formula is C13H6F2N2O. The Bertz CT molecular complexity index is 766. The van der Waals surface area contributed by atoms with E-state index in [-0.39, 0.29) is 27.2 Å². The van der Waals surface area contributed by atoms with Gasteiger partial charge in [-0.05, 0) is 24.3 Å². The molecule has 0 fully saturated rings. The van der Waals surface area contributed by atoms with Crippen LogP contribution in [0.15, 0.2) is 41.2 Å². The van der Waals surface area contributed by atoms with Crippen molar-refractivity contribution in [3.8, 4) is 0 Å². The number of hydrogen-bond donors (Lipinski definition) is 0. The topological polar surface area (TPSA) is 42.9 Å². The molecule has 0 amide bonds. The molecule has 3 aromatic rings. The zero-order valence-electron chi connectivity index (χ0n) is 9.02. The van der Waals surface area contributed by atoms with Crippen LogP contribution in [0.4, 0.5) is 8.78 Å². The number of aromatic nitrogens is 2. The van der Waals surface area contributed by atoms with Gasteiger partial charge in [0.2, 0.25) is 0 Å². The van der Waals surface area contributed by atoms with E-state index < -0.39 is 11.6 Å². The molecule has 0 aliphatic heterocycles. The fourth-order valence-corrected chi connectivity index (χ4v) is 1.81. The molecule has 5 heteroatoms. The molecule has 2 aromatic carbocycles. The molecular weight excluding hydrogens is 238 g/mol. The van der Waals surface area contributed by atoms with E-state index in [9.17, 15) is 13.6 Å². The number of hydrogen-bond acceptors (Lipinski definition) is 3. The Morgan fingerprint density at radius 2 is 1.22 bits per heavy atom. The number of rotatable bonds is 0. The third-order valence-electron chi connectivity index (χ3n) is 2.67. The number of nitrogens with zero attached hydrogens (tertiary/aromatic N) is 2. The lowest BCUT2D eigenvalue weighted by atomic mass is 10.1. The summed E-state index contributed by atoms with van der Waals surface area (Å²) in [5.74, 6) is -1.00. The lowest BCUT2D eigenvalue weighted by Gasteiger charge is -1.90. The lowest BCUT2D eigenvalue weighted by Crippen LogP contribution is -1.98. The number of benzene rings is 2. The Labute approximate surface area is 99.7 Å². The van der Waals surface area contributed by atoms with Crippen LogP contribution in [0, 0.1) is 11.6 Å². The highest BCUT2D eigenvalue weighted by Crippen LogP contribution is 2.13. The van der Waals surface area contributed by atoms with E-state index in [1.165, 1.54) is 24.3 Å². The molecule has 0 unspecified atom stereocenters. The van der Waals surface area contributed by atoms with Crippen molar-refractivity contribution in [2.24, 2.45) is 0 Å². The van der Waals surface area contributed by atoms with Crippen LogP contribution in [-0.4, -0.2) is 10.2 Å². The van der Waals surface area contributed by atoms with E-state index in [1.807, 2.05) is 0 Å². The molecule has 3 nitrogen and oxygen atoms in total. The maximum absolute atomic E-state index is 13.1. The fraction of sp³-hybridized carbons (Fsp3) is 0. The first kappa shape index (κ1) is 10.7. The average Bonchev–Trinajstić information content (AvgIpc) is 2.47. The van der Waals surface area contributed by atoms with Crippen molar-refractivity contribution in [3.63, 3.8) is 0 Å². The predicted molar refractivity (Wildman–Crippen MR) is 63.2 cm³/mol. The summed E-state index contributed by atoms with van der Waals surface area (Å²) in [6, 6.07) is 7.31. The summed E-state index contributed by atoms with van der Waals surface area (Å²) in [4.78, 5) is 12.2. The number of halogens is 2. The van der Waals surface area contributed by atoms with Crippen molar-refractivity contribution in [1.82, 2.24) is 10.2 Å². The van der Waals surface area contributed by atoms with E-state index in [0.29, 0.717) is 0 Å². The van der Waals surface area contributed by atoms with Gasteiger partial charge in [0.05, 0.1) is 21.8 Å². The third-order valence-corrected chi connectivity index (χ3v) is 2.67. The Morgan fingerprint density at radius 1 is 0.778 bits per heavy atom. The van der Waals surface area contributed by atoms with Crippen LogP contribution in [-0.2, 0) is 0 Å². The summed E-state index contributed by atoms with van der Waals surface area (Å²) in [7, 11) is 0. The first-order valence-electron chi connectivity index (χ1n) is 5.21. The first-order chi connectivity index (χ1) is 8.65. The minimum absolute atomic E-state index is 0.150. The summed E-state index contributed by atoms with van der Waals surface area (Å²) >= 11 is 0. The molecule has 1 aromatic heterocycles. The highest BCUT2D eigenvalue weighted by Gasteiger charge is 2.06. The standard InChI is InChI=1S/C13H6F2N2O/c14-7-1-3-9-11(5-7)16-17-12-6-8(15)2-4-10(12)13(9)18/h1-6H. The number of fused-ring (bicyclic) bond motifs is 2. The van der Waals surface area contributed by atoms with Crippen molar-refractivity contribution in [2.45, 2.75) is 0 Å². The van der Waals surface area contributed by atoms with E-state index >= 15 is 0 Å². The van der Waals surface area contributed by atoms with Crippen LogP contribution in [0.2, 0.25) is 0 Å². The van der Waals surface area contributed by atoms with Crippen LogP contribution in [0.3, 0.4) is 0 Å². The maximum Gasteiger partial charge on any atom is 0.197 e.